The lowest BCUT2D eigenvalue weighted by Crippen LogP contribution is -2.51. The summed E-state index contributed by atoms with van der Waals surface area (Å²) >= 11 is 0. The highest BCUT2D eigenvalue weighted by molar-refractivity contribution is 6.06. The van der Waals surface area contributed by atoms with Gasteiger partial charge in [0, 0.05) is 6.42 Å². The van der Waals surface area contributed by atoms with Crippen molar-refractivity contribution in [2.45, 2.75) is 32.0 Å². The van der Waals surface area contributed by atoms with Gasteiger partial charge < -0.3 is 30.0 Å². The topological polar surface area (TPSA) is 174 Å². The van der Waals surface area contributed by atoms with E-state index in [9.17, 15) is 28.8 Å². The highest BCUT2D eigenvalue weighted by Gasteiger charge is 2.25. The Labute approximate surface area is 328 Å². The summed E-state index contributed by atoms with van der Waals surface area (Å²) in [5.74, 6) is -3.45. The van der Waals surface area contributed by atoms with Crippen molar-refractivity contribution in [3.8, 4) is 0 Å². The van der Waals surface area contributed by atoms with E-state index in [0.717, 1.165) is 32.7 Å². The van der Waals surface area contributed by atoms with Crippen molar-refractivity contribution in [2.75, 3.05) is 13.2 Å². The van der Waals surface area contributed by atoms with Gasteiger partial charge in [0.2, 0.25) is 11.7 Å². The van der Waals surface area contributed by atoms with Gasteiger partial charge in [0.15, 0.2) is 13.2 Å². The molecule has 0 fully saturated rings. The fourth-order valence-corrected chi connectivity index (χ4v) is 5.64. The maximum Gasteiger partial charge on any atom is 0.408 e. The van der Waals surface area contributed by atoms with Crippen molar-refractivity contribution in [2.24, 2.45) is 0 Å². The Morgan fingerprint density at radius 2 is 1.00 bits per heavy atom. The highest BCUT2D eigenvalue weighted by atomic mass is 16.6. The number of carboxylic acid groups (broad SMARTS) is 1. The second-order valence-electron chi connectivity index (χ2n) is 12.8. The van der Waals surface area contributed by atoms with Crippen molar-refractivity contribution in [1.29, 1.82) is 0 Å². The second-order valence-corrected chi connectivity index (χ2v) is 12.8. The summed E-state index contributed by atoms with van der Waals surface area (Å²) in [7, 11) is 0. The number of benzene rings is 6. The standard InChI is InChI=1S/C25H18O5.C20H22N2O5/c26-19(15-29-24(27)22-13-5-9-17-7-1-3-11-20(17)22)16-30-25(28)23-14-6-10-18-8-2-4-12-21(18)23;1-14(19(24)25)21-18(23)17(12-15-8-4-2-5-9-15)22-20(26)27-13-16-10-6-3-7-11-16/h1-14H,15-16H2;2-11,14,17H,12-13H2,1H3,(H,21,23)(H,22,26)(H,24,25)/t;14-,17-/m.0/s1. The Morgan fingerprint density at radius 3 is 1.51 bits per heavy atom. The molecule has 3 N–H and O–H groups in total. The van der Waals surface area contributed by atoms with Gasteiger partial charge in [-0.25, -0.2) is 14.4 Å². The summed E-state index contributed by atoms with van der Waals surface area (Å²) in [5, 5.41) is 17.2. The van der Waals surface area contributed by atoms with Crippen LogP contribution in [0.5, 0.6) is 0 Å². The van der Waals surface area contributed by atoms with Gasteiger partial charge in [-0.15, -0.1) is 0 Å². The first-order valence-electron chi connectivity index (χ1n) is 17.9. The first kappa shape index (κ1) is 40.8. The van der Waals surface area contributed by atoms with Crippen molar-refractivity contribution in [3.05, 3.63) is 168 Å². The van der Waals surface area contributed by atoms with E-state index in [-0.39, 0.29) is 13.0 Å². The summed E-state index contributed by atoms with van der Waals surface area (Å²) in [5.41, 5.74) is 2.41. The lowest BCUT2D eigenvalue weighted by Gasteiger charge is -2.20. The summed E-state index contributed by atoms with van der Waals surface area (Å²) in [6.07, 6.45) is -0.544. The normalized spacial score (nSPS) is 11.5. The Hall–Kier alpha value is -7.34. The van der Waals surface area contributed by atoms with Gasteiger partial charge >= 0.3 is 24.0 Å². The molecule has 0 saturated heterocycles. The van der Waals surface area contributed by atoms with Gasteiger partial charge in [0.25, 0.3) is 0 Å². The monoisotopic (exact) mass is 768 g/mol. The van der Waals surface area contributed by atoms with E-state index in [0.29, 0.717) is 11.1 Å². The van der Waals surface area contributed by atoms with E-state index >= 15 is 0 Å². The van der Waals surface area contributed by atoms with Crippen LogP contribution in [0.15, 0.2) is 146 Å². The SMILES string of the molecule is C[C@H](NC(=O)[C@H](Cc1ccccc1)NC(=O)OCc1ccccc1)C(=O)O.O=C(COC(=O)c1cccc2ccccc12)COC(=O)c1cccc2ccccc12. The molecule has 0 saturated carbocycles. The zero-order valence-corrected chi connectivity index (χ0v) is 31.0. The first-order valence-corrected chi connectivity index (χ1v) is 17.9. The summed E-state index contributed by atoms with van der Waals surface area (Å²) < 4.78 is 15.4. The van der Waals surface area contributed by atoms with Crippen LogP contribution in [0.3, 0.4) is 0 Å². The van der Waals surface area contributed by atoms with Crippen LogP contribution in [-0.4, -0.2) is 66.1 Å². The molecule has 0 radical (unpaired) electrons. The number of ether oxygens (including phenoxy) is 3. The van der Waals surface area contributed by atoms with Crippen LogP contribution < -0.4 is 10.6 Å². The minimum Gasteiger partial charge on any atom is -0.480 e. The number of Topliss-reactive ketones (excluding diaryl/α,β-unsaturated/α-hetero) is 1. The number of rotatable bonds is 14. The Morgan fingerprint density at radius 1 is 0.544 bits per heavy atom. The number of nitrogens with one attached hydrogen (secondary N) is 2. The van der Waals surface area contributed by atoms with Crippen molar-refractivity contribution >= 4 is 57.2 Å². The molecule has 0 aliphatic heterocycles. The largest absolute Gasteiger partial charge is 0.480 e. The number of carbonyl (C=O) groups is 6. The number of hydrogen-bond acceptors (Lipinski definition) is 9. The van der Waals surface area contributed by atoms with Crippen LogP contribution >= 0.6 is 0 Å². The van der Waals surface area contributed by atoms with E-state index in [2.05, 4.69) is 10.6 Å². The maximum absolute atomic E-state index is 12.4. The molecule has 2 amide bonds. The summed E-state index contributed by atoms with van der Waals surface area (Å²) in [6.45, 7) is 0.487. The average molecular weight is 769 g/mol. The van der Waals surface area contributed by atoms with Crippen LogP contribution in [-0.2, 0) is 41.6 Å². The second kappa shape index (κ2) is 20.4. The van der Waals surface area contributed by atoms with Gasteiger partial charge in [-0.1, -0.05) is 133 Å². The van der Waals surface area contributed by atoms with E-state index < -0.39 is 61.0 Å². The van der Waals surface area contributed by atoms with Crippen LogP contribution in [0, 0.1) is 0 Å². The van der Waals surface area contributed by atoms with E-state index in [1.807, 2.05) is 121 Å². The Bertz CT molecular complexity index is 2240. The fraction of sp³-hybridized carbons (Fsp3) is 0.156. The smallest absolute Gasteiger partial charge is 0.408 e. The lowest BCUT2D eigenvalue weighted by atomic mass is 10.0. The van der Waals surface area contributed by atoms with Gasteiger partial charge in [-0.2, -0.15) is 0 Å². The minimum absolute atomic E-state index is 0.0673. The molecule has 12 heteroatoms. The Kier molecular flexibility index (Phi) is 14.6. The molecule has 0 aliphatic carbocycles. The molecule has 0 aliphatic rings. The lowest BCUT2D eigenvalue weighted by molar-refractivity contribution is -0.141. The number of amides is 2. The average Bonchev–Trinajstić information content (AvgIpc) is 3.24. The molecule has 0 heterocycles. The zero-order valence-electron chi connectivity index (χ0n) is 31.0. The van der Waals surface area contributed by atoms with Crippen molar-refractivity contribution in [1.82, 2.24) is 10.6 Å². The quantitative estimate of drug-likeness (QED) is 0.0800. The molecule has 12 nitrogen and oxygen atoms in total. The van der Waals surface area contributed by atoms with Gasteiger partial charge in [-0.05, 0) is 51.7 Å². The van der Waals surface area contributed by atoms with Crippen LogP contribution in [0.25, 0.3) is 21.5 Å². The predicted molar refractivity (Wildman–Crippen MR) is 212 cm³/mol. The van der Waals surface area contributed by atoms with E-state index in [4.69, 9.17) is 19.3 Å². The van der Waals surface area contributed by atoms with Gasteiger partial charge in [0.1, 0.15) is 18.7 Å². The molecule has 57 heavy (non-hydrogen) atoms. The van der Waals surface area contributed by atoms with Gasteiger partial charge in [-0.3, -0.25) is 14.4 Å². The number of hydrogen-bond donors (Lipinski definition) is 3. The molecular weight excluding hydrogens is 728 g/mol. The van der Waals surface area contributed by atoms with Crippen molar-refractivity contribution in [3.63, 3.8) is 0 Å². The van der Waals surface area contributed by atoms with Gasteiger partial charge in [0.05, 0.1) is 11.1 Å². The molecule has 0 unspecified atom stereocenters. The molecule has 0 bridgehead atoms. The van der Waals surface area contributed by atoms with Crippen LogP contribution in [0.1, 0.15) is 38.8 Å². The molecule has 6 aromatic rings. The Balaban J connectivity index is 0.000000219. The number of esters is 2. The number of carbonyl (C=O) groups excluding carboxylic acids is 5. The molecule has 0 aromatic heterocycles. The fourth-order valence-electron chi connectivity index (χ4n) is 5.64. The van der Waals surface area contributed by atoms with E-state index in [1.165, 1.54) is 6.92 Å². The summed E-state index contributed by atoms with van der Waals surface area (Å²) in [4.78, 5) is 72.4. The number of ketones is 1. The molecule has 0 spiro atoms. The first-order chi connectivity index (χ1) is 27.6. The number of alkyl carbamates (subject to hydrolysis) is 1. The van der Waals surface area contributed by atoms with E-state index in [1.54, 1.807) is 24.3 Å². The predicted octanol–water partition coefficient (Wildman–Crippen LogP) is 6.69. The third-order valence-corrected chi connectivity index (χ3v) is 8.58. The number of fused-ring (bicyclic) bond motifs is 2. The molecule has 290 valence electrons. The zero-order chi connectivity index (χ0) is 40.6. The van der Waals surface area contributed by atoms with Crippen LogP contribution in [0.4, 0.5) is 4.79 Å². The molecule has 6 aromatic carbocycles. The maximum atomic E-state index is 12.4. The molecule has 6 rings (SSSR count). The third-order valence-electron chi connectivity index (χ3n) is 8.58. The van der Waals surface area contributed by atoms with Crippen LogP contribution in [0.2, 0.25) is 0 Å². The summed E-state index contributed by atoms with van der Waals surface area (Å²) in [6, 6.07) is 41.7. The minimum atomic E-state index is -1.16. The van der Waals surface area contributed by atoms with Crippen molar-refractivity contribution < 1.29 is 48.1 Å². The number of aliphatic carboxylic acids is 1. The highest BCUT2D eigenvalue weighted by Crippen LogP contribution is 2.20. The third kappa shape index (κ3) is 12.1. The molecular formula is C45H40N2O10. The number of carboxylic acids is 1. The molecule has 2 atom stereocenters.